The molecule has 1 aliphatic rings. The van der Waals surface area contributed by atoms with Crippen molar-refractivity contribution in [1.29, 1.82) is 0 Å². The SMILES string of the molecule is Cl.O=C(CNCC1CCCO1)NCC(F)(F)F. The lowest BCUT2D eigenvalue weighted by molar-refractivity contribution is -0.137. The van der Waals surface area contributed by atoms with Crippen molar-refractivity contribution in [3.63, 3.8) is 0 Å². The molecule has 0 saturated carbocycles. The molecular weight excluding hydrogens is 261 g/mol. The van der Waals surface area contributed by atoms with Crippen LogP contribution in [0.3, 0.4) is 0 Å². The van der Waals surface area contributed by atoms with Gasteiger partial charge in [0.05, 0.1) is 12.6 Å². The standard InChI is InChI=1S/C9H15F3N2O2.ClH/c10-9(11,12)6-14-8(15)5-13-4-7-2-1-3-16-7;/h7,13H,1-6H2,(H,14,15);1H. The van der Waals surface area contributed by atoms with E-state index in [1.54, 1.807) is 5.32 Å². The molecule has 0 aromatic rings. The second-order valence-electron chi connectivity index (χ2n) is 3.66. The summed E-state index contributed by atoms with van der Waals surface area (Å²) < 4.78 is 40.5. The molecule has 4 nitrogen and oxygen atoms in total. The molecule has 1 rings (SSSR count). The monoisotopic (exact) mass is 276 g/mol. The Labute approximate surface area is 104 Å². The van der Waals surface area contributed by atoms with Crippen molar-refractivity contribution in [3.8, 4) is 0 Å². The molecular formula is C9H16ClF3N2O2. The summed E-state index contributed by atoms with van der Waals surface area (Å²) in [6.45, 7) is -0.185. The summed E-state index contributed by atoms with van der Waals surface area (Å²) in [5.41, 5.74) is 0. The first-order chi connectivity index (χ1) is 7.47. The van der Waals surface area contributed by atoms with Gasteiger partial charge in [-0.25, -0.2) is 0 Å². The summed E-state index contributed by atoms with van der Waals surface area (Å²) in [5, 5.41) is 4.54. The Hall–Kier alpha value is -0.530. The molecule has 0 spiro atoms. The quantitative estimate of drug-likeness (QED) is 0.783. The van der Waals surface area contributed by atoms with E-state index in [9.17, 15) is 18.0 Å². The first-order valence-electron chi connectivity index (χ1n) is 5.13. The minimum atomic E-state index is -4.36. The molecule has 17 heavy (non-hydrogen) atoms. The van der Waals surface area contributed by atoms with Crippen LogP contribution >= 0.6 is 12.4 Å². The zero-order valence-electron chi connectivity index (χ0n) is 9.18. The van der Waals surface area contributed by atoms with Gasteiger partial charge in [0.25, 0.3) is 0 Å². The van der Waals surface area contributed by atoms with E-state index < -0.39 is 18.6 Å². The highest BCUT2D eigenvalue weighted by Crippen LogP contribution is 2.12. The molecule has 0 aromatic carbocycles. The van der Waals surface area contributed by atoms with Crippen LogP contribution in [-0.2, 0) is 9.53 Å². The Kier molecular flexibility index (Phi) is 7.49. The van der Waals surface area contributed by atoms with E-state index in [2.05, 4.69) is 5.32 Å². The van der Waals surface area contributed by atoms with Gasteiger partial charge >= 0.3 is 6.18 Å². The van der Waals surface area contributed by atoms with E-state index >= 15 is 0 Å². The third-order valence-electron chi connectivity index (χ3n) is 2.17. The molecule has 0 aromatic heterocycles. The fraction of sp³-hybridized carbons (Fsp3) is 0.889. The maximum atomic E-state index is 11.7. The molecule has 1 unspecified atom stereocenters. The molecule has 0 radical (unpaired) electrons. The second kappa shape index (κ2) is 7.73. The van der Waals surface area contributed by atoms with Crippen LogP contribution in [0.5, 0.6) is 0 Å². The Morgan fingerprint density at radius 1 is 1.41 bits per heavy atom. The zero-order valence-corrected chi connectivity index (χ0v) is 10.00. The van der Waals surface area contributed by atoms with Crippen LogP contribution in [0.2, 0.25) is 0 Å². The Morgan fingerprint density at radius 2 is 2.12 bits per heavy atom. The van der Waals surface area contributed by atoms with Crippen molar-refractivity contribution in [2.24, 2.45) is 0 Å². The number of alkyl halides is 3. The molecule has 0 aliphatic carbocycles. The zero-order chi connectivity index (χ0) is 12.0. The number of nitrogens with one attached hydrogen (secondary N) is 2. The van der Waals surface area contributed by atoms with Gasteiger partial charge in [-0.05, 0) is 12.8 Å². The van der Waals surface area contributed by atoms with Gasteiger partial charge in [-0.2, -0.15) is 13.2 Å². The minimum Gasteiger partial charge on any atom is -0.377 e. The Morgan fingerprint density at radius 3 is 2.65 bits per heavy atom. The van der Waals surface area contributed by atoms with Crippen molar-refractivity contribution < 1.29 is 22.7 Å². The van der Waals surface area contributed by atoms with Gasteiger partial charge in [0.15, 0.2) is 0 Å². The lowest BCUT2D eigenvalue weighted by atomic mass is 10.2. The fourth-order valence-electron chi connectivity index (χ4n) is 1.41. The molecule has 1 saturated heterocycles. The molecule has 102 valence electrons. The van der Waals surface area contributed by atoms with Crippen molar-refractivity contribution >= 4 is 18.3 Å². The summed E-state index contributed by atoms with van der Waals surface area (Å²) in [4.78, 5) is 10.9. The minimum absolute atomic E-state index is 0. The number of carbonyl (C=O) groups excluding carboxylic acids is 1. The average Bonchev–Trinajstić information content (AvgIpc) is 2.66. The molecule has 1 heterocycles. The molecule has 1 atom stereocenters. The first kappa shape index (κ1) is 16.5. The maximum Gasteiger partial charge on any atom is 0.405 e. The molecule has 2 N–H and O–H groups in total. The van der Waals surface area contributed by atoms with Gasteiger partial charge in [0.2, 0.25) is 5.91 Å². The van der Waals surface area contributed by atoms with Gasteiger partial charge in [-0.15, -0.1) is 12.4 Å². The van der Waals surface area contributed by atoms with E-state index in [0.29, 0.717) is 13.2 Å². The van der Waals surface area contributed by atoms with Crippen molar-refractivity contribution in [1.82, 2.24) is 10.6 Å². The van der Waals surface area contributed by atoms with Gasteiger partial charge in [0, 0.05) is 13.2 Å². The number of carbonyl (C=O) groups is 1. The summed E-state index contributed by atoms with van der Waals surface area (Å²) in [7, 11) is 0. The van der Waals surface area contributed by atoms with Gasteiger partial charge in [-0.1, -0.05) is 0 Å². The van der Waals surface area contributed by atoms with Crippen LogP contribution in [0, 0.1) is 0 Å². The van der Waals surface area contributed by atoms with Crippen LogP contribution in [0.25, 0.3) is 0 Å². The number of amides is 1. The number of halogens is 4. The van der Waals surface area contributed by atoms with E-state index in [1.807, 2.05) is 0 Å². The molecule has 1 amide bonds. The highest BCUT2D eigenvalue weighted by atomic mass is 35.5. The van der Waals surface area contributed by atoms with Crippen molar-refractivity contribution in [2.45, 2.75) is 25.1 Å². The highest BCUT2D eigenvalue weighted by Gasteiger charge is 2.27. The Bertz CT molecular complexity index is 233. The van der Waals surface area contributed by atoms with Crippen LogP contribution in [0.15, 0.2) is 0 Å². The summed E-state index contributed by atoms with van der Waals surface area (Å²) in [5.74, 6) is -0.657. The van der Waals surface area contributed by atoms with Crippen LogP contribution in [-0.4, -0.2) is 44.4 Å². The predicted octanol–water partition coefficient (Wildman–Crippen LogP) is 0.855. The number of hydrogen-bond acceptors (Lipinski definition) is 3. The highest BCUT2D eigenvalue weighted by molar-refractivity contribution is 5.85. The van der Waals surface area contributed by atoms with E-state index in [1.165, 1.54) is 0 Å². The maximum absolute atomic E-state index is 11.7. The van der Waals surface area contributed by atoms with Crippen LogP contribution < -0.4 is 10.6 Å². The van der Waals surface area contributed by atoms with Crippen molar-refractivity contribution in [3.05, 3.63) is 0 Å². The molecule has 1 aliphatic heterocycles. The lowest BCUT2D eigenvalue weighted by Gasteiger charge is -2.11. The average molecular weight is 277 g/mol. The van der Waals surface area contributed by atoms with Crippen LogP contribution in [0.4, 0.5) is 13.2 Å². The third-order valence-corrected chi connectivity index (χ3v) is 2.17. The van der Waals surface area contributed by atoms with E-state index in [4.69, 9.17) is 4.74 Å². The number of hydrogen-bond donors (Lipinski definition) is 2. The summed E-state index contributed by atoms with van der Waals surface area (Å²) >= 11 is 0. The summed E-state index contributed by atoms with van der Waals surface area (Å²) in [6.07, 6.45) is -2.36. The summed E-state index contributed by atoms with van der Waals surface area (Å²) in [6, 6.07) is 0. The second-order valence-corrected chi connectivity index (χ2v) is 3.66. The molecule has 8 heteroatoms. The smallest absolute Gasteiger partial charge is 0.377 e. The van der Waals surface area contributed by atoms with Gasteiger partial charge < -0.3 is 15.4 Å². The molecule has 1 fully saturated rings. The Balaban J connectivity index is 0.00000256. The normalized spacial score (nSPS) is 19.8. The number of ether oxygens (including phenoxy) is 1. The van der Waals surface area contributed by atoms with E-state index in [-0.39, 0.29) is 25.1 Å². The van der Waals surface area contributed by atoms with E-state index in [0.717, 1.165) is 12.8 Å². The fourth-order valence-corrected chi connectivity index (χ4v) is 1.41. The molecule has 0 bridgehead atoms. The largest absolute Gasteiger partial charge is 0.405 e. The number of rotatable bonds is 5. The van der Waals surface area contributed by atoms with Crippen molar-refractivity contribution in [2.75, 3.05) is 26.2 Å². The first-order valence-corrected chi connectivity index (χ1v) is 5.13. The van der Waals surface area contributed by atoms with Gasteiger partial charge in [-0.3, -0.25) is 4.79 Å². The lowest BCUT2D eigenvalue weighted by Crippen LogP contribution is -2.40. The predicted molar refractivity (Wildman–Crippen MR) is 58.2 cm³/mol. The van der Waals surface area contributed by atoms with Crippen LogP contribution in [0.1, 0.15) is 12.8 Å². The van der Waals surface area contributed by atoms with Gasteiger partial charge in [0.1, 0.15) is 6.54 Å². The third kappa shape index (κ3) is 8.23. The topological polar surface area (TPSA) is 50.4 Å².